The van der Waals surface area contributed by atoms with Crippen LogP contribution in [0.1, 0.15) is 40.0 Å². The van der Waals surface area contributed by atoms with Crippen LogP contribution in [0.25, 0.3) is 0 Å². The Balaban J connectivity index is 1.59. The second-order valence-electron chi connectivity index (χ2n) is 7.23. The first-order valence-corrected chi connectivity index (χ1v) is 9.21. The first kappa shape index (κ1) is 17.6. The molecule has 27 heavy (non-hydrogen) atoms. The smallest absolute Gasteiger partial charge is 0.161 e. The molecule has 1 aliphatic heterocycles. The van der Waals surface area contributed by atoms with Gasteiger partial charge in [0, 0.05) is 18.7 Å². The van der Waals surface area contributed by atoms with Crippen molar-refractivity contribution in [3.05, 3.63) is 107 Å². The number of hydrogen-bond donors (Lipinski definition) is 0. The SMILES string of the molecule is CC(=O)c1ccc(C2(F)CN(C(c3ccccc3)c3ccccc3)C2)cc1. The van der Waals surface area contributed by atoms with Crippen molar-refractivity contribution in [2.24, 2.45) is 0 Å². The van der Waals surface area contributed by atoms with Gasteiger partial charge in [-0.3, -0.25) is 9.69 Å². The zero-order chi connectivity index (χ0) is 18.9. The average Bonchev–Trinajstić information content (AvgIpc) is 2.68. The van der Waals surface area contributed by atoms with Crippen molar-refractivity contribution in [1.29, 1.82) is 0 Å². The number of carbonyl (C=O) groups excluding carboxylic acids is 1. The molecule has 0 bridgehead atoms. The lowest BCUT2D eigenvalue weighted by Gasteiger charge is -2.49. The Morgan fingerprint density at radius 3 is 1.78 bits per heavy atom. The highest BCUT2D eigenvalue weighted by Crippen LogP contribution is 2.43. The van der Waals surface area contributed by atoms with Crippen molar-refractivity contribution in [3.63, 3.8) is 0 Å². The van der Waals surface area contributed by atoms with Crippen molar-refractivity contribution in [2.75, 3.05) is 13.1 Å². The number of carbonyl (C=O) groups is 1. The summed E-state index contributed by atoms with van der Waals surface area (Å²) in [5.74, 6) is -0.00193. The summed E-state index contributed by atoms with van der Waals surface area (Å²) in [6.45, 7) is 2.19. The van der Waals surface area contributed by atoms with Crippen LogP contribution >= 0.6 is 0 Å². The maximum atomic E-state index is 15.5. The summed E-state index contributed by atoms with van der Waals surface area (Å²) in [5.41, 5.74) is 2.21. The zero-order valence-corrected chi connectivity index (χ0v) is 15.3. The average molecular weight is 359 g/mol. The molecule has 3 aromatic rings. The van der Waals surface area contributed by atoms with Gasteiger partial charge in [0.05, 0.1) is 6.04 Å². The van der Waals surface area contributed by atoms with Gasteiger partial charge in [-0.25, -0.2) is 4.39 Å². The summed E-state index contributed by atoms with van der Waals surface area (Å²) in [6, 6.07) is 27.4. The summed E-state index contributed by atoms with van der Waals surface area (Å²) in [6.07, 6.45) is 0. The molecule has 0 amide bonds. The highest BCUT2D eigenvalue weighted by Gasteiger charge is 2.48. The molecular formula is C24H22FNO. The lowest BCUT2D eigenvalue weighted by atomic mass is 9.83. The largest absolute Gasteiger partial charge is 0.295 e. The number of alkyl halides is 1. The van der Waals surface area contributed by atoms with Gasteiger partial charge in [-0.1, -0.05) is 84.9 Å². The van der Waals surface area contributed by atoms with Crippen LogP contribution in [0.3, 0.4) is 0 Å². The Bertz CT molecular complexity index is 876. The molecule has 1 saturated heterocycles. The van der Waals surface area contributed by atoms with Crippen LogP contribution in [0.4, 0.5) is 4.39 Å². The van der Waals surface area contributed by atoms with E-state index in [0.717, 1.165) is 11.1 Å². The lowest BCUT2D eigenvalue weighted by Crippen LogP contribution is -2.57. The van der Waals surface area contributed by atoms with E-state index in [1.807, 2.05) is 36.4 Å². The predicted octanol–water partition coefficient (Wildman–Crippen LogP) is 5.16. The molecule has 4 rings (SSSR count). The predicted molar refractivity (Wildman–Crippen MR) is 106 cm³/mol. The van der Waals surface area contributed by atoms with E-state index in [2.05, 4.69) is 29.2 Å². The standard InChI is InChI=1S/C24H22FNO/c1-18(27)19-12-14-22(15-13-19)24(25)16-26(17-24)23(20-8-4-2-5-9-20)21-10-6-3-7-11-21/h2-15,23H,16-17H2,1H3. The second kappa shape index (κ2) is 7.09. The van der Waals surface area contributed by atoms with Gasteiger partial charge < -0.3 is 0 Å². The fourth-order valence-corrected chi connectivity index (χ4v) is 3.85. The fourth-order valence-electron chi connectivity index (χ4n) is 3.85. The highest BCUT2D eigenvalue weighted by molar-refractivity contribution is 5.94. The van der Waals surface area contributed by atoms with Crippen LogP contribution in [0.15, 0.2) is 84.9 Å². The Kier molecular flexibility index (Phi) is 4.63. The molecule has 3 heteroatoms. The van der Waals surface area contributed by atoms with Crippen LogP contribution in [-0.2, 0) is 5.67 Å². The Hall–Kier alpha value is -2.78. The van der Waals surface area contributed by atoms with Gasteiger partial charge in [0.2, 0.25) is 0 Å². The van der Waals surface area contributed by atoms with Crippen molar-refractivity contribution >= 4 is 5.78 Å². The zero-order valence-electron chi connectivity index (χ0n) is 15.3. The van der Waals surface area contributed by atoms with Gasteiger partial charge in [-0.2, -0.15) is 0 Å². The van der Waals surface area contributed by atoms with E-state index >= 15 is 4.39 Å². The first-order valence-electron chi connectivity index (χ1n) is 9.21. The van der Waals surface area contributed by atoms with Crippen LogP contribution in [0, 0.1) is 0 Å². The second-order valence-corrected chi connectivity index (χ2v) is 7.23. The number of ketones is 1. The van der Waals surface area contributed by atoms with Gasteiger partial charge in [0.25, 0.3) is 0 Å². The molecule has 1 aliphatic rings. The maximum absolute atomic E-state index is 15.5. The number of benzene rings is 3. The molecular weight excluding hydrogens is 337 g/mol. The molecule has 0 N–H and O–H groups in total. The minimum atomic E-state index is -1.38. The van der Waals surface area contributed by atoms with E-state index < -0.39 is 5.67 Å². The number of rotatable bonds is 5. The highest BCUT2D eigenvalue weighted by atomic mass is 19.1. The molecule has 2 nitrogen and oxygen atoms in total. The minimum absolute atomic E-state index is 0.00193. The van der Waals surface area contributed by atoms with Gasteiger partial charge in [-0.05, 0) is 23.6 Å². The monoisotopic (exact) mass is 359 g/mol. The van der Waals surface area contributed by atoms with E-state index in [9.17, 15) is 4.79 Å². The van der Waals surface area contributed by atoms with E-state index in [1.54, 1.807) is 24.3 Å². The Labute approximate surface area is 159 Å². The summed E-state index contributed by atoms with van der Waals surface area (Å²) in [7, 11) is 0. The molecule has 136 valence electrons. The third-order valence-electron chi connectivity index (χ3n) is 5.31. The first-order chi connectivity index (χ1) is 13.1. The number of likely N-dealkylation sites (tertiary alicyclic amines) is 1. The number of Topliss-reactive ketones (excluding diaryl/α,β-unsaturated/α-hetero) is 1. The molecule has 1 heterocycles. The third kappa shape index (κ3) is 3.43. The van der Waals surface area contributed by atoms with Gasteiger partial charge in [-0.15, -0.1) is 0 Å². The lowest BCUT2D eigenvalue weighted by molar-refractivity contribution is -0.0542. The molecule has 0 unspecified atom stereocenters. The van der Waals surface area contributed by atoms with Crippen LogP contribution in [0.2, 0.25) is 0 Å². The van der Waals surface area contributed by atoms with Crippen molar-refractivity contribution in [3.8, 4) is 0 Å². The molecule has 0 atom stereocenters. The van der Waals surface area contributed by atoms with E-state index in [-0.39, 0.29) is 11.8 Å². The Morgan fingerprint density at radius 2 is 1.33 bits per heavy atom. The van der Waals surface area contributed by atoms with Gasteiger partial charge in [0.1, 0.15) is 0 Å². The van der Waals surface area contributed by atoms with E-state index in [1.165, 1.54) is 6.92 Å². The number of nitrogens with zero attached hydrogens (tertiary/aromatic N) is 1. The summed E-state index contributed by atoms with van der Waals surface area (Å²) < 4.78 is 15.5. The molecule has 0 radical (unpaired) electrons. The molecule has 0 aromatic heterocycles. The van der Waals surface area contributed by atoms with Crippen molar-refractivity contribution < 1.29 is 9.18 Å². The number of halogens is 1. The maximum Gasteiger partial charge on any atom is 0.161 e. The minimum Gasteiger partial charge on any atom is -0.295 e. The normalized spacial score (nSPS) is 16.1. The molecule has 1 fully saturated rings. The van der Waals surface area contributed by atoms with E-state index in [4.69, 9.17) is 0 Å². The topological polar surface area (TPSA) is 20.3 Å². The molecule has 0 aliphatic carbocycles. The Morgan fingerprint density at radius 1 is 0.852 bits per heavy atom. The third-order valence-corrected chi connectivity index (χ3v) is 5.31. The van der Waals surface area contributed by atoms with Crippen LogP contribution in [-0.4, -0.2) is 23.8 Å². The summed E-state index contributed by atoms with van der Waals surface area (Å²) in [5, 5.41) is 0. The molecule has 0 saturated carbocycles. The summed E-state index contributed by atoms with van der Waals surface area (Å²) in [4.78, 5) is 13.6. The quantitative estimate of drug-likeness (QED) is 0.587. The molecule has 0 spiro atoms. The van der Waals surface area contributed by atoms with Crippen molar-refractivity contribution in [2.45, 2.75) is 18.6 Å². The summed E-state index contributed by atoms with van der Waals surface area (Å²) >= 11 is 0. The van der Waals surface area contributed by atoms with Gasteiger partial charge >= 0.3 is 0 Å². The molecule has 3 aromatic carbocycles. The van der Waals surface area contributed by atoms with Crippen LogP contribution in [0.5, 0.6) is 0 Å². The fraction of sp³-hybridized carbons (Fsp3) is 0.208. The van der Waals surface area contributed by atoms with Crippen LogP contribution < -0.4 is 0 Å². The van der Waals surface area contributed by atoms with E-state index in [0.29, 0.717) is 24.2 Å². The van der Waals surface area contributed by atoms with Gasteiger partial charge in [0.15, 0.2) is 11.5 Å². The number of hydrogen-bond acceptors (Lipinski definition) is 2. The van der Waals surface area contributed by atoms with Crippen molar-refractivity contribution in [1.82, 2.24) is 4.90 Å².